The molecule has 0 saturated carbocycles. The summed E-state index contributed by atoms with van der Waals surface area (Å²) in [6.07, 6.45) is 3.84. The number of rotatable bonds is 5. The monoisotopic (exact) mass is 385 g/mol. The van der Waals surface area contributed by atoms with Crippen molar-refractivity contribution in [2.45, 2.75) is 4.90 Å². The summed E-state index contributed by atoms with van der Waals surface area (Å²) in [7, 11) is -0.0169. The van der Waals surface area contributed by atoms with E-state index in [9.17, 15) is 8.42 Å². The summed E-state index contributed by atoms with van der Waals surface area (Å²) in [4.78, 5) is 8.82. The average Bonchev–Trinajstić information content (AvgIpc) is 3.02. The third-order valence-corrected chi connectivity index (χ3v) is 5.77. The highest BCUT2D eigenvalue weighted by atomic mass is 32.2. The maximum Gasteiger partial charge on any atom is 0.264 e. The minimum absolute atomic E-state index is 0.0405. The van der Waals surface area contributed by atoms with Crippen LogP contribution in [0.2, 0.25) is 0 Å². The van der Waals surface area contributed by atoms with Crippen LogP contribution >= 0.6 is 11.3 Å². The van der Waals surface area contributed by atoms with Crippen LogP contribution in [-0.2, 0) is 10.0 Å². The fourth-order valence-corrected chi connectivity index (χ4v) is 3.98. The number of fused-ring (bicyclic) bond motifs is 1. The number of thiazole rings is 1. The van der Waals surface area contributed by atoms with Crippen LogP contribution in [-0.4, -0.2) is 27.5 Å². The second-order valence-corrected chi connectivity index (χ2v) is 8.29. The lowest BCUT2D eigenvalue weighted by Gasteiger charge is -2.11. The first-order valence-electron chi connectivity index (χ1n) is 7.56. The van der Waals surface area contributed by atoms with E-state index in [-0.39, 0.29) is 4.90 Å². The minimum atomic E-state index is -3.99. The average molecular weight is 385 g/mol. The minimum Gasteiger partial charge on any atom is -0.378 e. The fourth-order valence-electron chi connectivity index (χ4n) is 2.30. The molecule has 132 valence electrons. The van der Waals surface area contributed by atoms with Crippen LogP contribution in [0.15, 0.2) is 51.9 Å². The highest BCUT2D eigenvalue weighted by Crippen LogP contribution is 2.27. The van der Waals surface area contributed by atoms with E-state index in [0.717, 1.165) is 16.3 Å². The molecule has 0 bridgehead atoms. The van der Waals surface area contributed by atoms with Crippen LogP contribution < -0.4 is 4.90 Å². The predicted octanol–water partition coefficient (Wildman–Crippen LogP) is 4.53. The zero-order chi connectivity index (χ0) is 18.7. The molecule has 0 saturated heterocycles. The van der Waals surface area contributed by atoms with Crippen LogP contribution in [0.4, 0.5) is 5.69 Å². The zero-order valence-electron chi connectivity index (χ0n) is 14.1. The van der Waals surface area contributed by atoms with Gasteiger partial charge in [-0.15, -0.1) is 11.3 Å². The highest BCUT2D eigenvalue weighted by molar-refractivity contribution is 7.90. The van der Waals surface area contributed by atoms with E-state index in [1.807, 2.05) is 55.4 Å². The lowest BCUT2D eigenvalue weighted by Crippen LogP contribution is -2.07. The van der Waals surface area contributed by atoms with Gasteiger partial charge in [0, 0.05) is 29.2 Å². The van der Waals surface area contributed by atoms with Gasteiger partial charge in [0.2, 0.25) is 0 Å². The Morgan fingerprint density at radius 1 is 1.15 bits per heavy atom. The van der Waals surface area contributed by atoms with Crippen molar-refractivity contribution in [3.05, 3.63) is 63.5 Å². The molecular formula is C17H15N5O2S2. The number of hydrogen-bond donors (Lipinski definition) is 0. The Labute approximate surface area is 154 Å². The number of nitrogens with zero attached hydrogens (tertiary/aromatic N) is 5. The lowest BCUT2D eigenvalue weighted by molar-refractivity contribution is 0.597. The number of sulfonamides is 1. The molecule has 0 amide bonds. The van der Waals surface area contributed by atoms with Gasteiger partial charge in [0.15, 0.2) is 0 Å². The van der Waals surface area contributed by atoms with E-state index < -0.39 is 10.0 Å². The molecule has 0 aliphatic heterocycles. The van der Waals surface area contributed by atoms with Gasteiger partial charge in [-0.2, -0.15) is 0 Å². The first kappa shape index (κ1) is 17.9. The Bertz CT molecular complexity index is 1130. The zero-order valence-corrected chi connectivity index (χ0v) is 15.7. The standard InChI is InChI=1S/C17H15N5O2S2/c1-22(2)13-6-3-12(4-7-13)5-10-17-19-15-9-8-14(11-16(15)25-17)26(23,24)21-20-18/h3-11H,1-2H3. The molecule has 7 nitrogen and oxygen atoms in total. The maximum absolute atomic E-state index is 11.8. The molecule has 9 heteroatoms. The Morgan fingerprint density at radius 3 is 2.54 bits per heavy atom. The lowest BCUT2D eigenvalue weighted by atomic mass is 10.2. The molecule has 0 N–H and O–H groups in total. The Morgan fingerprint density at radius 2 is 1.88 bits per heavy atom. The summed E-state index contributed by atoms with van der Waals surface area (Å²) >= 11 is 1.37. The second-order valence-electron chi connectivity index (χ2n) is 5.65. The fraction of sp³-hybridized carbons (Fsp3) is 0.118. The summed E-state index contributed by atoms with van der Waals surface area (Å²) in [6.45, 7) is 0. The number of azide groups is 1. The second kappa shape index (κ2) is 7.17. The van der Waals surface area contributed by atoms with Gasteiger partial charge < -0.3 is 4.90 Å². The summed E-state index contributed by atoms with van der Waals surface area (Å²) < 4.78 is 27.2. The van der Waals surface area contributed by atoms with Crippen molar-refractivity contribution < 1.29 is 8.42 Å². The molecule has 1 heterocycles. The van der Waals surface area contributed by atoms with Crippen molar-refractivity contribution in [3.63, 3.8) is 0 Å². The Kier molecular flexibility index (Phi) is 4.94. The van der Waals surface area contributed by atoms with E-state index in [0.29, 0.717) is 10.2 Å². The summed E-state index contributed by atoms with van der Waals surface area (Å²) in [5.74, 6) is 0. The van der Waals surface area contributed by atoms with Crippen molar-refractivity contribution >= 4 is 49.4 Å². The van der Waals surface area contributed by atoms with Crippen molar-refractivity contribution in [2.24, 2.45) is 4.52 Å². The molecule has 0 atom stereocenters. The summed E-state index contributed by atoms with van der Waals surface area (Å²) in [5.41, 5.74) is 11.2. The number of aromatic nitrogens is 1. The van der Waals surface area contributed by atoms with E-state index in [1.165, 1.54) is 23.5 Å². The predicted molar refractivity (Wildman–Crippen MR) is 106 cm³/mol. The number of anilines is 1. The van der Waals surface area contributed by atoms with Gasteiger partial charge in [-0.3, -0.25) is 0 Å². The normalized spacial score (nSPS) is 11.6. The van der Waals surface area contributed by atoms with Gasteiger partial charge in [0.05, 0.1) is 15.1 Å². The summed E-state index contributed by atoms with van der Waals surface area (Å²) in [6, 6.07) is 12.6. The van der Waals surface area contributed by atoms with Crippen LogP contribution in [0.3, 0.4) is 0 Å². The highest BCUT2D eigenvalue weighted by Gasteiger charge is 2.13. The van der Waals surface area contributed by atoms with Crippen molar-refractivity contribution in [1.82, 2.24) is 4.98 Å². The van der Waals surface area contributed by atoms with Crippen LogP contribution in [0.1, 0.15) is 10.6 Å². The molecule has 0 aliphatic rings. The molecule has 0 aliphatic carbocycles. The molecule has 0 unspecified atom stereocenters. The Hall–Kier alpha value is -2.87. The molecule has 0 spiro atoms. The molecule has 0 radical (unpaired) electrons. The van der Waals surface area contributed by atoms with Gasteiger partial charge in [0.25, 0.3) is 10.0 Å². The van der Waals surface area contributed by atoms with Crippen molar-refractivity contribution in [3.8, 4) is 0 Å². The van der Waals surface area contributed by atoms with Gasteiger partial charge in [-0.05, 0) is 47.5 Å². The maximum atomic E-state index is 11.8. The van der Waals surface area contributed by atoms with E-state index >= 15 is 0 Å². The van der Waals surface area contributed by atoms with Crippen LogP contribution in [0.25, 0.3) is 32.8 Å². The van der Waals surface area contributed by atoms with Crippen LogP contribution in [0.5, 0.6) is 0 Å². The van der Waals surface area contributed by atoms with Gasteiger partial charge >= 0.3 is 0 Å². The molecule has 3 rings (SSSR count). The molecule has 1 aromatic heterocycles. The van der Waals surface area contributed by atoms with Crippen molar-refractivity contribution in [1.29, 1.82) is 0 Å². The Balaban J connectivity index is 1.88. The number of hydrogen-bond acceptors (Lipinski definition) is 5. The molecule has 2 aromatic carbocycles. The van der Waals surface area contributed by atoms with E-state index in [4.69, 9.17) is 5.53 Å². The van der Waals surface area contributed by atoms with E-state index in [1.54, 1.807) is 6.07 Å². The van der Waals surface area contributed by atoms with Gasteiger partial charge in [-0.25, -0.2) is 13.4 Å². The molecule has 0 fully saturated rings. The summed E-state index contributed by atoms with van der Waals surface area (Å²) in [5, 5.41) is 0.759. The van der Waals surface area contributed by atoms with Gasteiger partial charge in [-0.1, -0.05) is 18.2 Å². The first-order valence-corrected chi connectivity index (χ1v) is 9.82. The number of benzene rings is 2. The first-order chi connectivity index (χ1) is 12.4. The largest absolute Gasteiger partial charge is 0.378 e. The molecular weight excluding hydrogens is 370 g/mol. The van der Waals surface area contributed by atoms with Crippen LogP contribution in [0, 0.1) is 0 Å². The topological polar surface area (TPSA) is 99.0 Å². The third-order valence-electron chi connectivity index (χ3n) is 3.65. The third kappa shape index (κ3) is 3.85. The van der Waals surface area contributed by atoms with E-state index in [2.05, 4.69) is 14.4 Å². The smallest absolute Gasteiger partial charge is 0.264 e. The molecule has 3 aromatic rings. The molecule has 26 heavy (non-hydrogen) atoms. The SMILES string of the molecule is CN(C)c1ccc(C=Cc2nc3ccc(S(=O)(=O)N=[N+]=[N-])cc3s2)cc1. The quantitative estimate of drug-likeness (QED) is 0.366. The van der Waals surface area contributed by atoms with Gasteiger partial charge in [0.1, 0.15) is 5.01 Å². The van der Waals surface area contributed by atoms with Crippen molar-refractivity contribution in [2.75, 3.05) is 19.0 Å².